The minimum absolute atomic E-state index is 0.658. The zero-order valence-electron chi connectivity index (χ0n) is 13.9. The van der Waals surface area contributed by atoms with Crippen LogP contribution in [0.3, 0.4) is 0 Å². The molecule has 0 amide bonds. The first-order valence-electron chi connectivity index (χ1n) is 8.01. The van der Waals surface area contributed by atoms with E-state index in [1.54, 1.807) is 0 Å². The molecule has 1 aliphatic carbocycles. The van der Waals surface area contributed by atoms with E-state index in [-0.39, 0.29) is 0 Å². The molecule has 1 fully saturated rings. The van der Waals surface area contributed by atoms with Crippen LogP contribution in [0.5, 0.6) is 0 Å². The number of hydrogen-bond donors (Lipinski definition) is 2. The van der Waals surface area contributed by atoms with Gasteiger partial charge in [-0.2, -0.15) is 5.10 Å². The van der Waals surface area contributed by atoms with Crippen LogP contribution in [0.15, 0.2) is 24.3 Å². The fourth-order valence-electron chi connectivity index (χ4n) is 3.33. The lowest BCUT2D eigenvalue weighted by Crippen LogP contribution is -2.42. The van der Waals surface area contributed by atoms with Gasteiger partial charge in [0.2, 0.25) is 0 Å². The fraction of sp³-hybridized carbons (Fsp3) is 0.444. The second kappa shape index (κ2) is 5.72. The van der Waals surface area contributed by atoms with E-state index in [9.17, 15) is 9.90 Å². The van der Waals surface area contributed by atoms with E-state index in [4.69, 9.17) is 0 Å². The third-order valence-electron chi connectivity index (χ3n) is 5.18. The monoisotopic (exact) mass is 313 g/mol. The summed E-state index contributed by atoms with van der Waals surface area (Å²) in [6.07, 6.45) is 2.47. The number of hydrogen-bond acceptors (Lipinski definition) is 3. The molecule has 5 heteroatoms. The first-order chi connectivity index (χ1) is 10.9. The molecule has 1 aromatic heterocycles. The van der Waals surface area contributed by atoms with Gasteiger partial charge in [0.15, 0.2) is 0 Å². The number of nitrogens with one attached hydrogen (secondary N) is 1. The second-order valence-corrected chi connectivity index (χ2v) is 6.44. The van der Waals surface area contributed by atoms with Crippen LogP contribution in [0.4, 0.5) is 5.69 Å². The highest BCUT2D eigenvalue weighted by Gasteiger charge is 2.45. The van der Waals surface area contributed by atoms with Crippen LogP contribution in [0.2, 0.25) is 0 Å². The van der Waals surface area contributed by atoms with Crippen LogP contribution >= 0.6 is 0 Å². The number of aliphatic carboxylic acids is 1. The van der Waals surface area contributed by atoms with Crippen LogP contribution in [-0.4, -0.2) is 20.9 Å². The Balaban J connectivity index is 1.72. The Morgan fingerprint density at radius 1 is 1.30 bits per heavy atom. The van der Waals surface area contributed by atoms with Crippen LogP contribution in [0.1, 0.15) is 41.8 Å². The maximum atomic E-state index is 11.6. The Morgan fingerprint density at radius 2 is 1.96 bits per heavy atom. The fourth-order valence-corrected chi connectivity index (χ4v) is 3.33. The first-order valence-corrected chi connectivity index (χ1v) is 8.01. The van der Waals surface area contributed by atoms with E-state index in [0.29, 0.717) is 0 Å². The lowest BCUT2D eigenvalue weighted by molar-refractivity contribution is -0.147. The average Bonchev–Trinajstić information content (AvgIpc) is 2.70. The van der Waals surface area contributed by atoms with Crippen molar-refractivity contribution in [3.8, 4) is 0 Å². The van der Waals surface area contributed by atoms with Crippen LogP contribution in [0, 0.1) is 13.8 Å². The van der Waals surface area contributed by atoms with Crippen molar-refractivity contribution in [1.82, 2.24) is 9.78 Å². The zero-order chi connectivity index (χ0) is 16.6. The molecule has 2 N–H and O–H groups in total. The Hall–Kier alpha value is -2.30. The predicted octanol–water partition coefficient (Wildman–Crippen LogP) is 3.16. The third-order valence-corrected chi connectivity index (χ3v) is 5.18. The highest BCUT2D eigenvalue weighted by atomic mass is 16.4. The number of carboxylic acid groups (broad SMARTS) is 1. The average molecular weight is 313 g/mol. The molecule has 1 aromatic carbocycles. The lowest BCUT2D eigenvalue weighted by Gasteiger charge is -2.38. The normalized spacial score (nSPS) is 16.0. The van der Waals surface area contributed by atoms with Gasteiger partial charge in [-0.1, -0.05) is 18.6 Å². The van der Waals surface area contributed by atoms with E-state index in [1.165, 1.54) is 5.56 Å². The molecule has 1 saturated carbocycles. The van der Waals surface area contributed by atoms with Crippen LogP contribution < -0.4 is 5.32 Å². The number of nitrogens with zero attached hydrogens (tertiary/aromatic N) is 2. The van der Waals surface area contributed by atoms with Gasteiger partial charge >= 0.3 is 5.97 Å². The molecule has 0 unspecified atom stereocenters. The summed E-state index contributed by atoms with van der Waals surface area (Å²) in [6, 6.07) is 7.83. The van der Waals surface area contributed by atoms with E-state index in [0.717, 1.165) is 48.4 Å². The molecule has 0 atom stereocenters. The molecule has 2 aromatic rings. The number of benzene rings is 1. The summed E-state index contributed by atoms with van der Waals surface area (Å²) in [6.45, 7) is 4.79. The summed E-state index contributed by atoms with van der Waals surface area (Å²) in [4.78, 5) is 11.6. The second-order valence-electron chi connectivity index (χ2n) is 6.44. The van der Waals surface area contributed by atoms with Crippen molar-refractivity contribution in [2.45, 2.75) is 45.1 Å². The summed E-state index contributed by atoms with van der Waals surface area (Å²) in [5.41, 5.74) is 4.65. The largest absolute Gasteiger partial charge is 0.481 e. The van der Waals surface area contributed by atoms with Crippen molar-refractivity contribution in [2.24, 2.45) is 7.05 Å². The van der Waals surface area contributed by atoms with Gasteiger partial charge in [-0.15, -0.1) is 0 Å². The van der Waals surface area contributed by atoms with Gasteiger partial charge in [0.1, 0.15) is 0 Å². The predicted molar refractivity (Wildman–Crippen MR) is 89.6 cm³/mol. The molecule has 0 radical (unpaired) electrons. The molecule has 1 aliphatic rings. The summed E-state index contributed by atoms with van der Waals surface area (Å²) in [5, 5.41) is 17.3. The molecular weight excluding hydrogens is 290 g/mol. The first kappa shape index (κ1) is 15.6. The minimum Gasteiger partial charge on any atom is -0.481 e. The third kappa shape index (κ3) is 2.60. The highest BCUT2D eigenvalue weighted by molar-refractivity contribution is 5.82. The van der Waals surface area contributed by atoms with Gasteiger partial charge in [-0.05, 0) is 44.4 Å². The maximum absolute atomic E-state index is 11.6. The van der Waals surface area contributed by atoms with E-state index in [1.807, 2.05) is 42.9 Å². The number of rotatable bonds is 5. The summed E-state index contributed by atoms with van der Waals surface area (Å²) in [7, 11) is 1.95. The Bertz CT molecular complexity index is 727. The molecule has 0 bridgehead atoms. The molecule has 0 spiro atoms. The van der Waals surface area contributed by atoms with Gasteiger partial charge in [0.05, 0.1) is 11.1 Å². The van der Waals surface area contributed by atoms with Gasteiger partial charge in [-0.25, -0.2) is 0 Å². The highest BCUT2D eigenvalue weighted by Crippen LogP contribution is 2.44. The van der Waals surface area contributed by atoms with Crippen molar-refractivity contribution >= 4 is 11.7 Å². The van der Waals surface area contributed by atoms with Gasteiger partial charge in [-0.3, -0.25) is 9.48 Å². The Labute approximate surface area is 136 Å². The van der Waals surface area contributed by atoms with Crippen LogP contribution in [-0.2, 0) is 23.8 Å². The number of carboxylic acids is 1. The Morgan fingerprint density at radius 3 is 2.39 bits per heavy atom. The number of carbonyl (C=O) groups is 1. The quantitative estimate of drug-likeness (QED) is 0.890. The molecule has 3 rings (SSSR count). The zero-order valence-corrected chi connectivity index (χ0v) is 13.9. The van der Waals surface area contributed by atoms with E-state index < -0.39 is 11.4 Å². The SMILES string of the molecule is Cc1nn(C)c(C)c1CNc1ccc(C2(C(=O)O)CCC2)cc1. The van der Waals surface area contributed by atoms with Gasteiger partial charge in [0.25, 0.3) is 0 Å². The number of aryl methyl sites for hydroxylation is 2. The number of anilines is 1. The summed E-state index contributed by atoms with van der Waals surface area (Å²) < 4.78 is 1.89. The molecule has 0 saturated heterocycles. The number of aromatic nitrogens is 2. The summed E-state index contributed by atoms with van der Waals surface area (Å²) >= 11 is 0. The molecular formula is C18H23N3O2. The molecule has 5 nitrogen and oxygen atoms in total. The van der Waals surface area contributed by atoms with Gasteiger partial charge in [0, 0.05) is 30.5 Å². The van der Waals surface area contributed by atoms with Crippen LogP contribution in [0.25, 0.3) is 0 Å². The molecule has 0 aliphatic heterocycles. The topological polar surface area (TPSA) is 67.2 Å². The maximum Gasteiger partial charge on any atom is 0.314 e. The van der Waals surface area contributed by atoms with Crippen molar-refractivity contribution in [1.29, 1.82) is 0 Å². The lowest BCUT2D eigenvalue weighted by atomic mass is 9.64. The van der Waals surface area contributed by atoms with Crippen molar-refractivity contribution in [3.63, 3.8) is 0 Å². The van der Waals surface area contributed by atoms with Crippen molar-refractivity contribution in [2.75, 3.05) is 5.32 Å². The summed E-state index contributed by atoms with van der Waals surface area (Å²) in [5.74, 6) is -0.703. The smallest absolute Gasteiger partial charge is 0.314 e. The van der Waals surface area contributed by atoms with Gasteiger partial charge < -0.3 is 10.4 Å². The molecule has 1 heterocycles. The van der Waals surface area contributed by atoms with Crippen molar-refractivity contribution in [3.05, 3.63) is 46.8 Å². The Kier molecular flexibility index (Phi) is 3.88. The molecule has 23 heavy (non-hydrogen) atoms. The standard InChI is InChI=1S/C18H23N3O2/c1-12-16(13(2)21(3)20-12)11-19-15-7-5-14(6-8-15)18(17(22)23)9-4-10-18/h5-8,19H,4,9-11H2,1-3H3,(H,22,23). The molecule has 122 valence electrons. The minimum atomic E-state index is -0.703. The van der Waals surface area contributed by atoms with E-state index >= 15 is 0 Å². The van der Waals surface area contributed by atoms with E-state index in [2.05, 4.69) is 17.3 Å². The van der Waals surface area contributed by atoms with Crippen molar-refractivity contribution < 1.29 is 9.90 Å².